The van der Waals surface area contributed by atoms with Gasteiger partial charge in [0.2, 0.25) is 0 Å². The molecule has 0 saturated heterocycles. The summed E-state index contributed by atoms with van der Waals surface area (Å²) in [6.45, 7) is 4.00. The van der Waals surface area contributed by atoms with Gasteiger partial charge in [0, 0.05) is 18.3 Å². The molecule has 13 heavy (non-hydrogen) atoms. The van der Waals surface area contributed by atoms with Crippen LogP contribution in [0.5, 0.6) is 0 Å². The third-order valence-corrected chi connectivity index (χ3v) is 2.29. The lowest BCUT2D eigenvalue weighted by Crippen LogP contribution is -2.02. The minimum absolute atomic E-state index is 1.04. The smallest absolute Gasteiger partial charge is 0.151 e. The molecule has 0 atom stereocenters. The highest BCUT2D eigenvalue weighted by atomic mass is 15.2. The molecule has 0 bridgehead atoms. The molecule has 0 saturated carbocycles. The topological polar surface area (TPSA) is 40.7 Å². The van der Waals surface area contributed by atoms with Crippen LogP contribution in [0.1, 0.15) is 37.9 Å². The molecule has 3 heteroatoms. The summed E-state index contributed by atoms with van der Waals surface area (Å²) in [5.41, 5.74) is 2.74. The van der Waals surface area contributed by atoms with Crippen molar-refractivity contribution in [1.29, 1.82) is 0 Å². The van der Waals surface area contributed by atoms with Gasteiger partial charge in [0.05, 0.1) is 0 Å². The van der Waals surface area contributed by atoms with Crippen molar-refractivity contribution in [3.05, 3.63) is 11.3 Å². The number of anilines is 1. The van der Waals surface area contributed by atoms with E-state index in [1.165, 1.54) is 36.9 Å². The molecule has 2 N–H and O–H groups in total. The number of fused-ring (bicyclic) bond motifs is 1. The van der Waals surface area contributed by atoms with Crippen LogP contribution in [0.25, 0.3) is 0 Å². The number of nitrogens with zero attached hydrogens (tertiary/aromatic N) is 1. The van der Waals surface area contributed by atoms with Gasteiger partial charge in [-0.15, -0.1) is 0 Å². The lowest BCUT2D eigenvalue weighted by atomic mass is 9.98. The van der Waals surface area contributed by atoms with E-state index in [2.05, 4.69) is 15.5 Å². The van der Waals surface area contributed by atoms with E-state index in [4.69, 9.17) is 0 Å². The molecule has 0 fully saturated rings. The highest BCUT2D eigenvalue weighted by molar-refractivity contribution is 5.46. The number of aromatic nitrogens is 2. The monoisotopic (exact) mass is 181 g/mol. The van der Waals surface area contributed by atoms with Crippen molar-refractivity contribution in [1.82, 2.24) is 10.2 Å². The lowest BCUT2D eigenvalue weighted by molar-refractivity contribution is 0.675. The number of aryl methyl sites for hydroxylation is 1. The SMILES string of the molecule is CC.CNc1n[nH]c2c1CCCC2. The van der Waals surface area contributed by atoms with E-state index in [0.717, 1.165) is 5.82 Å². The van der Waals surface area contributed by atoms with Gasteiger partial charge in [-0.1, -0.05) is 13.8 Å². The predicted molar refractivity (Wildman–Crippen MR) is 56.1 cm³/mol. The Kier molecular flexibility index (Phi) is 3.80. The summed E-state index contributed by atoms with van der Waals surface area (Å²) < 4.78 is 0. The molecular weight excluding hydrogens is 162 g/mol. The van der Waals surface area contributed by atoms with E-state index in [0.29, 0.717) is 0 Å². The van der Waals surface area contributed by atoms with Gasteiger partial charge in [0.25, 0.3) is 0 Å². The normalized spacial score (nSPS) is 14.1. The van der Waals surface area contributed by atoms with Crippen LogP contribution in [0.2, 0.25) is 0 Å². The fraction of sp³-hybridized carbons (Fsp3) is 0.700. The molecule has 2 rings (SSSR count). The Balaban J connectivity index is 0.000000396. The molecule has 0 aliphatic heterocycles. The Labute approximate surface area is 79.9 Å². The number of nitrogens with one attached hydrogen (secondary N) is 2. The zero-order chi connectivity index (χ0) is 9.68. The summed E-state index contributed by atoms with van der Waals surface area (Å²) >= 11 is 0. The van der Waals surface area contributed by atoms with Crippen molar-refractivity contribution in [3.63, 3.8) is 0 Å². The van der Waals surface area contributed by atoms with Gasteiger partial charge in [-0.25, -0.2) is 0 Å². The van der Waals surface area contributed by atoms with Crippen molar-refractivity contribution in [3.8, 4) is 0 Å². The zero-order valence-corrected chi connectivity index (χ0v) is 8.78. The van der Waals surface area contributed by atoms with Crippen molar-refractivity contribution in [2.75, 3.05) is 12.4 Å². The summed E-state index contributed by atoms with van der Waals surface area (Å²) in [7, 11) is 1.92. The Hall–Kier alpha value is -0.990. The van der Waals surface area contributed by atoms with Crippen LogP contribution >= 0.6 is 0 Å². The highest BCUT2D eigenvalue weighted by Crippen LogP contribution is 2.24. The van der Waals surface area contributed by atoms with Crippen molar-refractivity contribution >= 4 is 5.82 Å². The van der Waals surface area contributed by atoms with Crippen molar-refractivity contribution in [2.24, 2.45) is 0 Å². The maximum Gasteiger partial charge on any atom is 0.151 e. The Bertz CT molecular complexity index is 239. The Morgan fingerprint density at radius 3 is 2.62 bits per heavy atom. The van der Waals surface area contributed by atoms with Crippen LogP contribution < -0.4 is 5.32 Å². The lowest BCUT2D eigenvalue weighted by Gasteiger charge is -2.10. The van der Waals surface area contributed by atoms with Gasteiger partial charge in [-0.2, -0.15) is 5.10 Å². The van der Waals surface area contributed by atoms with Crippen molar-refractivity contribution < 1.29 is 0 Å². The number of rotatable bonds is 1. The predicted octanol–water partition coefficient (Wildman–Crippen LogP) is 2.36. The summed E-state index contributed by atoms with van der Waals surface area (Å²) in [5, 5.41) is 10.3. The maximum absolute atomic E-state index is 4.18. The fourth-order valence-electron chi connectivity index (χ4n) is 1.69. The van der Waals surface area contributed by atoms with Crippen molar-refractivity contribution in [2.45, 2.75) is 39.5 Å². The van der Waals surface area contributed by atoms with Crippen LogP contribution in [0.4, 0.5) is 5.82 Å². The zero-order valence-electron chi connectivity index (χ0n) is 8.78. The Morgan fingerprint density at radius 2 is 1.92 bits per heavy atom. The van der Waals surface area contributed by atoms with Crippen LogP contribution in [-0.4, -0.2) is 17.2 Å². The molecule has 1 heterocycles. The maximum atomic E-state index is 4.18. The second-order valence-corrected chi connectivity index (χ2v) is 2.99. The first-order chi connectivity index (χ1) is 6.42. The third kappa shape index (κ3) is 2.02. The molecule has 0 unspecified atom stereocenters. The van der Waals surface area contributed by atoms with Crippen LogP contribution in [0.3, 0.4) is 0 Å². The molecule has 1 aliphatic rings. The number of H-pyrrole nitrogens is 1. The van der Waals surface area contributed by atoms with Crippen LogP contribution in [0, 0.1) is 0 Å². The molecule has 0 aromatic carbocycles. The average Bonchev–Trinajstić information content (AvgIpc) is 2.64. The van der Waals surface area contributed by atoms with Gasteiger partial charge in [0.1, 0.15) is 0 Å². The van der Waals surface area contributed by atoms with Gasteiger partial charge in [-0.3, -0.25) is 5.10 Å². The fourth-order valence-corrected chi connectivity index (χ4v) is 1.69. The summed E-state index contributed by atoms with van der Waals surface area (Å²) in [5.74, 6) is 1.04. The molecule has 0 spiro atoms. The van der Waals surface area contributed by atoms with Gasteiger partial charge in [-0.05, 0) is 25.7 Å². The van der Waals surface area contributed by atoms with E-state index in [-0.39, 0.29) is 0 Å². The first-order valence-electron chi connectivity index (χ1n) is 5.15. The van der Waals surface area contributed by atoms with Crippen LogP contribution in [0.15, 0.2) is 0 Å². The molecule has 1 aromatic rings. The number of hydrogen-bond acceptors (Lipinski definition) is 2. The molecule has 1 aliphatic carbocycles. The average molecular weight is 181 g/mol. The van der Waals surface area contributed by atoms with Crippen LogP contribution in [-0.2, 0) is 12.8 Å². The molecule has 1 aromatic heterocycles. The summed E-state index contributed by atoms with van der Waals surface area (Å²) in [6.07, 6.45) is 4.96. The first kappa shape index (κ1) is 10.1. The standard InChI is InChI=1S/C8H13N3.C2H6/c1-9-8-6-4-2-3-5-7(6)10-11-8;1-2/h2-5H2,1H3,(H2,9,10,11);1-2H3. The largest absolute Gasteiger partial charge is 0.371 e. The highest BCUT2D eigenvalue weighted by Gasteiger charge is 2.14. The van der Waals surface area contributed by atoms with Gasteiger partial charge >= 0.3 is 0 Å². The van der Waals surface area contributed by atoms with E-state index >= 15 is 0 Å². The molecule has 3 nitrogen and oxygen atoms in total. The second-order valence-electron chi connectivity index (χ2n) is 2.99. The number of hydrogen-bond donors (Lipinski definition) is 2. The van der Waals surface area contributed by atoms with E-state index in [9.17, 15) is 0 Å². The minimum atomic E-state index is 1.04. The summed E-state index contributed by atoms with van der Waals surface area (Å²) in [6, 6.07) is 0. The molecular formula is C10H19N3. The van der Waals surface area contributed by atoms with Gasteiger partial charge < -0.3 is 5.32 Å². The molecule has 0 amide bonds. The Morgan fingerprint density at radius 1 is 1.23 bits per heavy atom. The quantitative estimate of drug-likeness (QED) is 0.698. The summed E-state index contributed by atoms with van der Waals surface area (Å²) in [4.78, 5) is 0. The van der Waals surface area contributed by atoms with E-state index in [1.807, 2.05) is 20.9 Å². The molecule has 0 radical (unpaired) electrons. The molecule has 74 valence electrons. The third-order valence-electron chi connectivity index (χ3n) is 2.29. The van der Waals surface area contributed by atoms with E-state index < -0.39 is 0 Å². The number of aromatic amines is 1. The second kappa shape index (κ2) is 4.90. The minimum Gasteiger partial charge on any atom is -0.371 e. The van der Waals surface area contributed by atoms with E-state index in [1.54, 1.807) is 0 Å². The van der Waals surface area contributed by atoms with Gasteiger partial charge in [0.15, 0.2) is 5.82 Å². The first-order valence-corrected chi connectivity index (χ1v) is 5.15.